The van der Waals surface area contributed by atoms with Crippen LogP contribution in [0.2, 0.25) is 5.02 Å². The van der Waals surface area contributed by atoms with Gasteiger partial charge in [-0.1, -0.05) is 23.7 Å². The molecular weight excluding hydrogens is 394 g/mol. The van der Waals surface area contributed by atoms with Gasteiger partial charge in [0, 0.05) is 16.0 Å². The summed E-state index contributed by atoms with van der Waals surface area (Å²) < 4.78 is 6.44. The molecule has 0 aliphatic carbocycles. The van der Waals surface area contributed by atoms with E-state index in [4.69, 9.17) is 21.3 Å². The normalized spacial score (nSPS) is 11.1. The Kier molecular flexibility index (Phi) is 4.68. The van der Waals surface area contributed by atoms with Gasteiger partial charge < -0.3 is 9.84 Å². The number of nitrogens with zero attached hydrogens (tertiary/aromatic N) is 3. The van der Waals surface area contributed by atoms with Gasteiger partial charge in [0.1, 0.15) is 23.6 Å². The lowest BCUT2D eigenvalue weighted by atomic mass is 10.0. The number of aliphatic carboxylic acids is 1. The van der Waals surface area contributed by atoms with Gasteiger partial charge in [0.25, 0.3) is 5.56 Å². The largest absolute Gasteiger partial charge is 0.497 e. The van der Waals surface area contributed by atoms with Gasteiger partial charge in [-0.2, -0.15) is 0 Å². The summed E-state index contributed by atoms with van der Waals surface area (Å²) in [6, 6.07) is 12.3. The maximum atomic E-state index is 13.3. The number of carboxylic acids is 1. The molecule has 4 rings (SSSR count). The molecule has 0 saturated heterocycles. The number of pyridine rings is 1. The first kappa shape index (κ1) is 18.9. The lowest BCUT2D eigenvalue weighted by Crippen LogP contribution is -2.27. The quantitative estimate of drug-likeness (QED) is 0.517. The van der Waals surface area contributed by atoms with Crippen molar-refractivity contribution in [2.75, 3.05) is 7.11 Å². The summed E-state index contributed by atoms with van der Waals surface area (Å²) in [5, 5.41) is 10.6. The zero-order valence-electron chi connectivity index (χ0n) is 15.6. The van der Waals surface area contributed by atoms with Gasteiger partial charge in [0.2, 0.25) is 0 Å². The third-order valence-electron chi connectivity index (χ3n) is 4.70. The molecule has 4 aromatic rings. The van der Waals surface area contributed by atoms with Crippen LogP contribution in [0.3, 0.4) is 0 Å². The molecule has 7 nitrogen and oxygen atoms in total. The first-order valence-electron chi connectivity index (χ1n) is 8.75. The molecule has 0 bridgehead atoms. The fourth-order valence-corrected chi connectivity index (χ4v) is 3.45. The summed E-state index contributed by atoms with van der Waals surface area (Å²) in [4.78, 5) is 33.9. The molecule has 0 spiro atoms. The molecule has 2 aromatic heterocycles. The van der Waals surface area contributed by atoms with E-state index in [1.165, 1.54) is 7.11 Å². The van der Waals surface area contributed by atoms with Crippen LogP contribution >= 0.6 is 11.6 Å². The Morgan fingerprint density at radius 2 is 1.90 bits per heavy atom. The predicted octanol–water partition coefficient (Wildman–Crippen LogP) is 3.67. The summed E-state index contributed by atoms with van der Waals surface area (Å²) in [7, 11) is 1.53. The average Bonchev–Trinajstić information content (AvgIpc) is 2.70. The monoisotopic (exact) mass is 409 g/mol. The number of benzene rings is 2. The van der Waals surface area contributed by atoms with Gasteiger partial charge in [0.15, 0.2) is 0 Å². The van der Waals surface area contributed by atoms with Crippen LogP contribution in [0.15, 0.2) is 47.3 Å². The van der Waals surface area contributed by atoms with Crippen LogP contribution in [0, 0.1) is 6.92 Å². The van der Waals surface area contributed by atoms with Gasteiger partial charge >= 0.3 is 5.97 Å². The smallest absolute Gasteiger partial charge is 0.323 e. The van der Waals surface area contributed by atoms with E-state index < -0.39 is 18.1 Å². The van der Waals surface area contributed by atoms with Crippen LogP contribution in [-0.4, -0.2) is 32.7 Å². The number of methoxy groups -OCH3 is 1. The lowest BCUT2D eigenvalue weighted by molar-refractivity contribution is -0.137. The number of ether oxygens (including phenoxy) is 1. The molecule has 0 atom stereocenters. The van der Waals surface area contributed by atoms with Gasteiger partial charge in [0.05, 0.1) is 23.7 Å². The average molecular weight is 410 g/mol. The molecular formula is C21H16ClN3O4. The third kappa shape index (κ3) is 3.30. The molecule has 1 N–H and O–H groups in total. The number of halogens is 1. The number of rotatable bonds is 4. The van der Waals surface area contributed by atoms with E-state index in [9.17, 15) is 14.7 Å². The molecule has 0 unspecified atom stereocenters. The summed E-state index contributed by atoms with van der Waals surface area (Å²) in [5.41, 5.74) is 1.81. The van der Waals surface area contributed by atoms with Crippen molar-refractivity contribution in [1.29, 1.82) is 0 Å². The van der Waals surface area contributed by atoms with Gasteiger partial charge in [-0.15, -0.1) is 0 Å². The highest BCUT2D eigenvalue weighted by Crippen LogP contribution is 2.32. The fraction of sp³-hybridized carbons (Fsp3) is 0.143. The highest BCUT2D eigenvalue weighted by Gasteiger charge is 2.19. The number of hydrogen-bond acceptors (Lipinski definition) is 5. The Bertz CT molecular complexity index is 1330. The van der Waals surface area contributed by atoms with Crippen LogP contribution in [0.4, 0.5) is 0 Å². The number of hydrogen-bond donors (Lipinski definition) is 1. The van der Waals surface area contributed by atoms with Crippen LogP contribution in [0.1, 0.15) is 5.82 Å². The van der Waals surface area contributed by atoms with E-state index >= 15 is 0 Å². The third-order valence-corrected chi connectivity index (χ3v) is 4.95. The van der Waals surface area contributed by atoms with E-state index in [0.717, 1.165) is 10.1 Å². The van der Waals surface area contributed by atoms with Gasteiger partial charge in [-0.3, -0.25) is 14.2 Å². The number of carbonyl (C=O) groups is 1. The zero-order chi connectivity index (χ0) is 20.7. The molecule has 29 heavy (non-hydrogen) atoms. The van der Waals surface area contributed by atoms with E-state index in [-0.39, 0.29) is 0 Å². The summed E-state index contributed by atoms with van der Waals surface area (Å²) >= 11 is 6.01. The van der Waals surface area contributed by atoms with Crippen molar-refractivity contribution >= 4 is 39.4 Å². The van der Waals surface area contributed by atoms with Crippen molar-refractivity contribution < 1.29 is 14.6 Å². The first-order valence-corrected chi connectivity index (χ1v) is 9.13. The maximum absolute atomic E-state index is 13.3. The molecule has 2 aromatic carbocycles. The number of aromatic nitrogens is 3. The molecule has 0 amide bonds. The fourth-order valence-electron chi connectivity index (χ4n) is 3.32. The Labute approximate surface area is 170 Å². The molecule has 146 valence electrons. The first-order chi connectivity index (χ1) is 13.9. The van der Waals surface area contributed by atoms with E-state index in [1.807, 2.05) is 0 Å². The Morgan fingerprint density at radius 1 is 1.17 bits per heavy atom. The van der Waals surface area contributed by atoms with Gasteiger partial charge in [-0.25, -0.2) is 9.97 Å². The Hall–Kier alpha value is -3.45. The van der Waals surface area contributed by atoms with Gasteiger partial charge in [-0.05, 0) is 37.3 Å². The SMILES string of the molecule is COc1ccc2nc(-c3ccc(Cl)cc3)c3nc(C)n(CC(=O)O)c(=O)c3c2c1. The number of fused-ring (bicyclic) bond motifs is 3. The minimum Gasteiger partial charge on any atom is -0.497 e. The Balaban J connectivity index is 2.18. The second kappa shape index (κ2) is 7.18. The summed E-state index contributed by atoms with van der Waals surface area (Å²) in [6.07, 6.45) is 0. The molecule has 0 saturated carbocycles. The topological polar surface area (TPSA) is 94.3 Å². The summed E-state index contributed by atoms with van der Waals surface area (Å²) in [6.45, 7) is 1.13. The van der Waals surface area contributed by atoms with Crippen molar-refractivity contribution in [2.24, 2.45) is 0 Å². The highest BCUT2D eigenvalue weighted by atomic mass is 35.5. The number of aryl methyl sites for hydroxylation is 1. The minimum atomic E-state index is -1.12. The molecule has 0 radical (unpaired) electrons. The number of carboxylic acid groups (broad SMARTS) is 1. The maximum Gasteiger partial charge on any atom is 0.323 e. The predicted molar refractivity (Wildman–Crippen MR) is 111 cm³/mol. The van der Waals surface area contributed by atoms with E-state index in [0.29, 0.717) is 44.1 Å². The van der Waals surface area contributed by atoms with Crippen LogP contribution < -0.4 is 10.3 Å². The van der Waals surface area contributed by atoms with E-state index in [1.54, 1.807) is 49.4 Å². The highest BCUT2D eigenvalue weighted by molar-refractivity contribution is 6.30. The van der Waals surface area contributed by atoms with Crippen molar-refractivity contribution in [2.45, 2.75) is 13.5 Å². The van der Waals surface area contributed by atoms with Crippen molar-refractivity contribution in [3.05, 3.63) is 63.7 Å². The summed E-state index contributed by atoms with van der Waals surface area (Å²) in [5.74, 6) is -0.265. The molecule has 0 aliphatic rings. The standard InChI is InChI=1S/C21H16ClN3O4/c1-11-23-20-18(21(28)25(11)10-17(26)27)15-9-14(29-2)7-8-16(15)24-19(20)12-3-5-13(22)6-4-12/h3-9H,10H2,1-2H3,(H,26,27). The van der Waals surface area contributed by atoms with E-state index in [2.05, 4.69) is 4.98 Å². The van der Waals surface area contributed by atoms with Crippen molar-refractivity contribution in [3.63, 3.8) is 0 Å². The molecule has 0 aliphatic heterocycles. The molecule has 0 fully saturated rings. The zero-order valence-corrected chi connectivity index (χ0v) is 16.4. The molecule has 8 heteroatoms. The second-order valence-electron chi connectivity index (χ2n) is 6.52. The Morgan fingerprint density at radius 3 is 2.55 bits per heavy atom. The van der Waals surface area contributed by atoms with Crippen molar-refractivity contribution in [3.8, 4) is 17.0 Å². The minimum absolute atomic E-state index is 0.296. The molecule has 2 heterocycles. The van der Waals surface area contributed by atoms with Crippen LogP contribution in [-0.2, 0) is 11.3 Å². The second-order valence-corrected chi connectivity index (χ2v) is 6.95. The van der Waals surface area contributed by atoms with Crippen LogP contribution in [0.25, 0.3) is 33.1 Å². The van der Waals surface area contributed by atoms with Crippen LogP contribution in [0.5, 0.6) is 5.75 Å². The lowest BCUT2D eigenvalue weighted by Gasteiger charge is -2.14. The van der Waals surface area contributed by atoms with Crippen molar-refractivity contribution in [1.82, 2.24) is 14.5 Å².